The monoisotopic (exact) mass is 517 g/mol. The van der Waals surface area contributed by atoms with Gasteiger partial charge in [-0.1, -0.05) is 41.7 Å². The van der Waals surface area contributed by atoms with Crippen molar-refractivity contribution in [2.75, 3.05) is 16.4 Å². The first-order chi connectivity index (χ1) is 16.2. The first-order valence-electron chi connectivity index (χ1n) is 10.4. The van der Waals surface area contributed by atoms with Crippen molar-refractivity contribution < 1.29 is 21.2 Å². The van der Waals surface area contributed by atoms with Gasteiger partial charge in [0.1, 0.15) is 27.0 Å². The molecule has 11 heteroatoms. The minimum atomic E-state index is -3.64. The maximum Gasteiger partial charge on any atom is 0.225 e. The first-order valence-corrected chi connectivity index (χ1v) is 14.4. The van der Waals surface area contributed by atoms with Crippen LogP contribution in [0.1, 0.15) is 24.1 Å². The molecule has 2 aromatic heterocycles. The van der Waals surface area contributed by atoms with Crippen LogP contribution in [-0.4, -0.2) is 38.9 Å². The summed E-state index contributed by atoms with van der Waals surface area (Å²) in [6.45, 7) is 0. The van der Waals surface area contributed by atoms with Crippen LogP contribution < -0.4 is 4.31 Å². The lowest BCUT2D eigenvalue weighted by Gasteiger charge is -2.16. The van der Waals surface area contributed by atoms with Crippen molar-refractivity contribution in [3.8, 4) is 10.6 Å². The second kappa shape index (κ2) is 8.40. The standard InChI is InChI=1S/C23H20FN3O4S3/c1-34(30,31)14-27(33(28)29)16-7-8-17(18(24)13-16)21-25-19-9-10-20(26-22(19)32-21)23(11-12-23)15-5-3-2-4-6-15/h2-10,13,33H,11-12,14H2,1H3. The number of anilines is 1. The third kappa shape index (κ3) is 4.30. The molecule has 0 amide bonds. The maximum atomic E-state index is 15.0. The quantitative estimate of drug-likeness (QED) is 0.374. The summed E-state index contributed by atoms with van der Waals surface area (Å²) < 4.78 is 61.8. The molecule has 7 nitrogen and oxygen atoms in total. The number of nitrogens with zero attached hydrogens (tertiary/aromatic N) is 3. The normalized spacial score (nSPS) is 15.0. The van der Waals surface area contributed by atoms with Gasteiger partial charge in [-0.25, -0.2) is 31.2 Å². The lowest BCUT2D eigenvalue weighted by atomic mass is 9.92. The number of hydrogen-bond donors (Lipinski definition) is 1. The van der Waals surface area contributed by atoms with Crippen LogP contribution in [-0.2, 0) is 26.1 Å². The average molecular weight is 518 g/mol. The molecule has 0 aliphatic heterocycles. The van der Waals surface area contributed by atoms with Gasteiger partial charge < -0.3 is 0 Å². The molecule has 34 heavy (non-hydrogen) atoms. The van der Waals surface area contributed by atoms with E-state index in [0.29, 0.717) is 19.7 Å². The summed E-state index contributed by atoms with van der Waals surface area (Å²) in [6.07, 6.45) is 2.95. The van der Waals surface area contributed by atoms with Crippen LogP contribution in [0.2, 0.25) is 0 Å². The summed E-state index contributed by atoms with van der Waals surface area (Å²) in [5.74, 6) is -1.46. The van der Waals surface area contributed by atoms with Crippen molar-refractivity contribution in [1.82, 2.24) is 9.97 Å². The Kier molecular flexibility index (Phi) is 5.65. The molecule has 1 fully saturated rings. The number of halogens is 1. The van der Waals surface area contributed by atoms with Gasteiger partial charge in [-0.3, -0.25) is 4.31 Å². The Morgan fingerprint density at radius 3 is 2.41 bits per heavy atom. The van der Waals surface area contributed by atoms with Crippen molar-refractivity contribution in [1.29, 1.82) is 0 Å². The number of pyridine rings is 1. The van der Waals surface area contributed by atoms with Gasteiger partial charge in [0.2, 0.25) is 10.9 Å². The Labute approximate surface area is 201 Å². The van der Waals surface area contributed by atoms with E-state index >= 15 is 0 Å². The molecule has 2 heterocycles. The first kappa shape index (κ1) is 22.9. The molecule has 2 aromatic carbocycles. The molecule has 1 aliphatic rings. The number of benzene rings is 2. The number of thiol groups is 1. The smallest absolute Gasteiger partial charge is 0.225 e. The second-order valence-corrected chi connectivity index (χ2v) is 12.4. The number of fused-ring (bicyclic) bond motifs is 1. The average Bonchev–Trinajstić information content (AvgIpc) is 3.50. The van der Waals surface area contributed by atoms with Crippen molar-refractivity contribution in [3.63, 3.8) is 0 Å². The molecule has 0 radical (unpaired) electrons. The number of hydrogen-bond acceptors (Lipinski definition) is 7. The predicted octanol–water partition coefficient (Wildman–Crippen LogP) is 3.91. The maximum absolute atomic E-state index is 15.0. The van der Waals surface area contributed by atoms with Crippen LogP contribution in [0, 0.1) is 5.82 Å². The minimum absolute atomic E-state index is 0.0668. The second-order valence-electron chi connectivity index (χ2n) is 8.34. The van der Waals surface area contributed by atoms with Crippen molar-refractivity contribution in [3.05, 3.63) is 77.7 Å². The minimum Gasteiger partial charge on any atom is -0.257 e. The molecule has 1 saturated carbocycles. The summed E-state index contributed by atoms with van der Waals surface area (Å²) in [5, 5.41) is 0.412. The van der Waals surface area contributed by atoms with E-state index in [0.717, 1.165) is 30.9 Å². The molecule has 0 atom stereocenters. The van der Waals surface area contributed by atoms with Crippen LogP contribution in [0.25, 0.3) is 20.9 Å². The Hall–Kier alpha value is -2.89. The van der Waals surface area contributed by atoms with Crippen LogP contribution >= 0.6 is 11.3 Å². The lowest BCUT2D eigenvalue weighted by Crippen LogP contribution is -2.27. The van der Waals surface area contributed by atoms with Gasteiger partial charge >= 0.3 is 0 Å². The van der Waals surface area contributed by atoms with E-state index in [1.165, 1.54) is 29.0 Å². The predicted molar refractivity (Wildman–Crippen MR) is 132 cm³/mol. The summed E-state index contributed by atoms with van der Waals surface area (Å²) in [4.78, 5) is 10.1. The van der Waals surface area contributed by atoms with Crippen molar-refractivity contribution in [2.24, 2.45) is 0 Å². The van der Waals surface area contributed by atoms with Crippen molar-refractivity contribution >= 4 is 48.1 Å². The van der Waals surface area contributed by atoms with Gasteiger partial charge in [0, 0.05) is 17.2 Å². The number of rotatable bonds is 7. The van der Waals surface area contributed by atoms with Gasteiger partial charge in [-0.05, 0) is 48.7 Å². The van der Waals surface area contributed by atoms with Gasteiger partial charge in [0.15, 0.2) is 9.84 Å². The zero-order valence-electron chi connectivity index (χ0n) is 18.0. The Bertz CT molecular complexity index is 1570. The molecule has 0 bridgehead atoms. The summed E-state index contributed by atoms with van der Waals surface area (Å²) in [5.41, 5.74) is 2.87. The molecule has 4 aromatic rings. The van der Waals surface area contributed by atoms with E-state index in [-0.39, 0.29) is 16.7 Å². The third-order valence-electron chi connectivity index (χ3n) is 5.86. The molecule has 1 aliphatic carbocycles. The van der Waals surface area contributed by atoms with E-state index in [9.17, 15) is 21.2 Å². The third-order valence-corrected chi connectivity index (χ3v) is 8.54. The molecular weight excluding hydrogens is 497 g/mol. The summed E-state index contributed by atoms with van der Waals surface area (Å²) in [6, 6.07) is 17.9. The van der Waals surface area contributed by atoms with E-state index in [1.807, 2.05) is 30.3 Å². The van der Waals surface area contributed by atoms with Gasteiger partial charge in [-0.2, -0.15) is 0 Å². The van der Waals surface area contributed by atoms with Crippen LogP contribution in [0.5, 0.6) is 0 Å². The highest BCUT2D eigenvalue weighted by molar-refractivity contribution is 7.91. The molecule has 5 rings (SSSR count). The summed E-state index contributed by atoms with van der Waals surface area (Å²) in [7, 11) is -6.90. The van der Waals surface area contributed by atoms with Gasteiger partial charge in [-0.15, -0.1) is 0 Å². The zero-order valence-corrected chi connectivity index (χ0v) is 20.5. The van der Waals surface area contributed by atoms with Gasteiger partial charge in [0.25, 0.3) is 0 Å². The fourth-order valence-electron chi connectivity index (χ4n) is 4.05. The van der Waals surface area contributed by atoms with E-state index in [4.69, 9.17) is 4.98 Å². The fraction of sp³-hybridized carbons (Fsp3) is 0.217. The highest BCUT2D eigenvalue weighted by Gasteiger charge is 2.47. The highest BCUT2D eigenvalue weighted by Crippen LogP contribution is 2.53. The van der Waals surface area contributed by atoms with Crippen LogP contribution in [0.3, 0.4) is 0 Å². The molecule has 176 valence electrons. The molecule has 0 spiro atoms. The number of thiazole rings is 1. The molecule has 0 saturated heterocycles. The largest absolute Gasteiger partial charge is 0.257 e. The summed E-state index contributed by atoms with van der Waals surface area (Å²) >= 11 is 1.26. The number of aromatic nitrogens is 2. The van der Waals surface area contributed by atoms with E-state index in [2.05, 4.69) is 17.1 Å². The van der Waals surface area contributed by atoms with Crippen molar-refractivity contribution in [2.45, 2.75) is 18.3 Å². The lowest BCUT2D eigenvalue weighted by molar-refractivity contribution is 0.595. The Morgan fingerprint density at radius 1 is 1.06 bits per heavy atom. The molecular formula is C23H20FN3O4S3. The van der Waals surface area contributed by atoms with E-state index < -0.39 is 32.4 Å². The van der Waals surface area contributed by atoms with Crippen LogP contribution in [0.15, 0.2) is 60.7 Å². The molecule has 0 unspecified atom stereocenters. The number of sulfone groups is 1. The Balaban J connectivity index is 1.49. The van der Waals surface area contributed by atoms with Gasteiger partial charge in [0.05, 0.1) is 11.4 Å². The van der Waals surface area contributed by atoms with Crippen LogP contribution in [0.4, 0.5) is 10.1 Å². The highest BCUT2D eigenvalue weighted by atomic mass is 32.2. The topological polar surface area (TPSA) is 97.3 Å². The fourth-order valence-corrected chi connectivity index (χ4v) is 6.93. The molecule has 0 N–H and O–H groups in total. The van der Waals surface area contributed by atoms with E-state index in [1.54, 1.807) is 0 Å². The SMILES string of the molecule is CS(=O)(=O)CN(c1ccc(-c2nc3ccc(C4(c5ccccc5)CC4)nc3s2)c(F)c1)[SH](=O)=O. The Morgan fingerprint density at radius 2 is 1.79 bits per heavy atom. The zero-order chi connectivity index (χ0) is 24.1.